The van der Waals surface area contributed by atoms with Crippen LogP contribution in [0.15, 0.2) is 0 Å². The maximum atomic E-state index is 10.8. The first kappa shape index (κ1) is 5.36. The molecule has 3 nitrogen and oxygen atoms in total. The summed E-state index contributed by atoms with van der Waals surface area (Å²) in [5.41, 5.74) is 0. The van der Waals surface area contributed by atoms with Gasteiger partial charge in [0.25, 0.3) is 6.36 Å². The van der Waals surface area contributed by atoms with E-state index >= 15 is 0 Å². The van der Waals surface area contributed by atoms with Crippen LogP contribution in [0, 0.1) is 0 Å². The third kappa shape index (κ3) is 1.66. The molecule has 0 aliphatic heterocycles. The molecular formula is C2H3FO3. The predicted molar refractivity (Wildman–Crippen MR) is 14.8 cm³/mol. The molecule has 0 fully saturated rings. The maximum absolute atomic E-state index is 10.8. The Kier molecular flexibility index (Phi) is 1.53. The van der Waals surface area contributed by atoms with E-state index in [1.807, 2.05) is 0 Å². The van der Waals surface area contributed by atoms with Gasteiger partial charge in [0, 0.05) is 0 Å². The molecule has 0 saturated heterocycles. The molecule has 0 aliphatic carbocycles. The van der Waals surface area contributed by atoms with E-state index in [-0.39, 0.29) is 0 Å². The Balaban J connectivity index is 3.26. The number of aliphatic hydroxyl groups is 1. The maximum Gasteiger partial charge on any atom is 0.366 e. The van der Waals surface area contributed by atoms with E-state index in [2.05, 4.69) is 0 Å². The summed E-state index contributed by atoms with van der Waals surface area (Å²) < 4.78 is 10.8. The van der Waals surface area contributed by atoms with E-state index in [0.717, 1.165) is 0 Å². The first-order chi connectivity index (χ1) is 2.64. The Bertz CT molecular complexity index is 59.8. The topological polar surface area (TPSA) is 57.5 Å². The fraction of sp³-hybridized carbons (Fsp3) is 0.500. The normalized spacial score (nSPS) is 13.7. The smallest absolute Gasteiger partial charge is 0.366 e. The molecule has 0 aromatic rings. The largest absolute Gasteiger partial charge is 0.477 e. The van der Waals surface area contributed by atoms with Crippen molar-refractivity contribution in [1.29, 1.82) is 0 Å². The number of carboxylic acids is 1. The Morgan fingerprint density at radius 3 is 2.00 bits per heavy atom. The first-order valence-electron chi connectivity index (χ1n) is 1.19. The van der Waals surface area contributed by atoms with Gasteiger partial charge in [-0.3, -0.25) is 0 Å². The number of aliphatic carboxylic acids is 1. The lowest BCUT2D eigenvalue weighted by Crippen LogP contribution is -2.11. The van der Waals surface area contributed by atoms with Crippen LogP contribution in [0.5, 0.6) is 0 Å². The number of carbonyl (C=O) groups is 1. The molecule has 0 spiro atoms. The number of hydrogen-bond acceptors (Lipinski definition) is 2. The van der Waals surface area contributed by atoms with Gasteiger partial charge >= 0.3 is 5.97 Å². The standard InChI is InChI=1S/C2H3FO3/c3-1(4)2(5)6/h1,4H,(H,5,6). The summed E-state index contributed by atoms with van der Waals surface area (Å²) in [4.78, 5) is 9.07. The molecule has 0 rings (SSSR count). The van der Waals surface area contributed by atoms with E-state index in [9.17, 15) is 4.39 Å². The predicted octanol–water partition coefficient (Wildman–Crippen LogP) is -0.641. The minimum atomic E-state index is -2.73. The van der Waals surface area contributed by atoms with Gasteiger partial charge in [0.15, 0.2) is 0 Å². The van der Waals surface area contributed by atoms with Gasteiger partial charge in [-0.2, -0.15) is 0 Å². The molecule has 6 heavy (non-hydrogen) atoms. The molecule has 0 aromatic heterocycles. The van der Waals surface area contributed by atoms with Crippen LogP contribution in [0.4, 0.5) is 4.39 Å². The Labute approximate surface area is 33.0 Å². The fourth-order valence-corrected chi connectivity index (χ4v) is 0. The Morgan fingerprint density at radius 1 is 1.83 bits per heavy atom. The molecule has 2 N–H and O–H groups in total. The highest BCUT2D eigenvalue weighted by atomic mass is 19.1. The second-order valence-electron chi connectivity index (χ2n) is 0.674. The molecular weight excluding hydrogens is 91.0 g/mol. The summed E-state index contributed by atoms with van der Waals surface area (Å²) in [5, 5.41) is 14.7. The minimum absolute atomic E-state index is 1.85. The van der Waals surface area contributed by atoms with Crippen LogP contribution in [0.1, 0.15) is 0 Å². The molecule has 0 radical (unpaired) electrons. The van der Waals surface area contributed by atoms with Crippen molar-refractivity contribution >= 4 is 5.97 Å². The Morgan fingerprint density at radius 2 is 2.00 bits per heavy atom. The van der Waals surface area contributed by atoms with Crippen molar-refractivity contribution in [2.45, 2.75) is 6.36 Å². The highest BCUT2D eigenvalue weighted by Gasteiger charge is 2.07. The lowest BCUT2D eigenvalue weighted by Gasteiger charge is -1.84. The molecule has 36 valence electrons. The van der Waals surface area contributed by atoms with Crippen LogP contribution in [0.3, 0.4) is 0 Å². The van der Waals surface area contributed by atoms with Crippen LogP contribution >= 0.6 is 0 Å². The van der Waals surface area contributed by atoms with Gasteiger partial charge in [-0.25, -0.2) is 9.18 Å². The van der Waals surface area contributed by atoms with E-state index in [1.54, 1.807) is 0 Å². The van der Waals surface area contributed by atoms with Crippen molar-refractivity contribution in [3.05, 3.63) is 0 Å². The van der Waals surface area contributed by atoms with Crippen molar-refractivity contribution in [1.82, 2.24) is 0 Å². The lowest BCUT2D eigenvalue weighted by molar-refractivity contribution is -0.155. The van der Waals surface area contributed by atoms with Gasteiger partial charge in [0.05, 0.1) is 0 Å². The molecule has 1 atom stereocenters. The Hall–Kier alpha value is -0.640. The van der Waals surface area contributed by atoms with Gasteiger partial charge < -0.3 is 10.2 Å². The number of rotatable bonds is 1. The highest BCUT2D eigenvalue weighted by Crippen LogP contribution is 1.78. The zero-order valence-electron chi connectivity index (χ0n) is 2.76. The van der Waals surface area contributed by atoms with Crippen LogP contribution in [-0.2, 0) is 4.79 Å². The van der Waals surface area contributed by atoms with E-state index in [4.69, 9.17) is 15.0 Å². The van der Waals surface area contributed by atoms with Crippen molar-refractivity contribution in [2.75, 3.05) is 0 Å². The number of alkyl halides is 1. The average molecular weight is 94.0 g/mol. The molecule has 0 bridgehead atoms. The summed E-state index contributed by atoms with van der Waals surface area (Å²) in [6.07, 6.45) is -2.73. The molecule has 0 saturated carbocycles. The number of aliphatic hydroxyl groups excluding tert-OH is 1. The minimum Gasteiger partial charge on any atom is -0.477 e. The van der Waals surface area contributed by atoms with E-state index in [1.165, 1.54) is 0 Å². The quantitative estimate of drug-likeness (QED) is 0.454. The van der Waals surface area contributed by atoms with Gasteiger partial charge in [-0.1, -0.05) is 0 Å². The second kappa shape index (κ2) is 1.71. The summed E-state index contributed by atoms with van der Waals surface area (Å²) in [7, 11) is 0. The van der Waals surface area contributed by atoms with E-state index in [0.29, 0.717) is 0 Å². The molecule has 0 aromatic carbocycles. The number of hydrogen-bond donors (Lipinski definition) is 2. The van der Waals surface area contributed by atoms with Crippen molar-refractivity contribution in [2.24, 2.45) is 0 Å². The third-order valence-electron chi connectivity index (χ3n) is 0.204. The average Bonchev–Trinajstić information content (AvgIpc) is 1.36. The van der Waals surface area contributed by atoms with Crippen LogP contribution < -0.4 is 0 Å². The number of halogens is 1. The van der Waals surface area contributed by atoms with Gasteiger partial charge in [0.2, 0.25) is 0 Å². The van der Waals surface area contributed by atoms with Crippen LogP contribution in [0.25, 0.3) is 0 Å². The summed E-state index contributed by atoms with van der Waals surface area (Å²) >= 11 is 0. The summed E-state index contributed by atoms with van der Waals surface area (Å²) in [6.45, 7) is 0. The summed E-state index contributed by atoms with van der Waals surface area (Å²) in [5.74, 6) is -1.85. The van der Waals surface area contributed by atoms with Crippen LogP contribution in [0.2, 0.25) is 0 Å². The first-order valence-corrected chi connectivity index (χ1v) is 1.19. The second-order valence-corrected chi connectivity index (χ2v) is 0.674. The molecule has 1 unspecified atom stereocenters. The lowest BCUT2D eigenvalue weighted by atomic mass is 10.7. The SMILES string of the molecule is O=C(O)C(O)F. The highest BCUT2D eigenvalue weighted by molar-refractivity contribution is 5.69. The zero-order chi connectivity index (χ0) is 5.15. The van der Waals surface area contributed by atoms with Gasteiger partial charge in [0.1, 0.15) is 0 Å². The monoisotopic (exact) mass is 94.0 g/mol. The summed E-state index contributed by atoms with van der Waals surface area (Å²) in [6, 6.07) is 0. The third-order valence-corrected chi connectivity index (χ3v) is 0.204. The van der Waals surface area contributed by atoms with Crippen molar-refractivity contribution in [3.8, 4) is 0 Å². The molecule has 0 amide bonds. The van der Waals surface area contributed by atoms with E-state index < -0.39 is 12.3 Å². The molecule has 4 heteroatoms. The zero-order valence-corrected chi connectivity index (χ0v) is 2.76. The van der Waals surface area contributed by atoms with Gasteiger partial charge in [-0.15, -0.1) is 0 Å². The van der Waals surface area contributed by atoms with Crippen molar-refractivity contribution in [3.63, 3.8) is 0 Å². The van der Waals surface area contributed by atoms with Crippen LogP contribution in [-0.4, -0.2) is 22.5 Å². The molecule has 0 aliphatic rings. The van der Waals surface area contributed by atoms with Gasteiger partial charge in [-0.05, 0) is 0 Å². The van der Waals surface area contributed by atoms with Crippen molar-refractivity contribution < 1.29 is 19.4 Å². The molecule has 0 heterocycles. The number of carboxylic acid groups (broad SMARTS) is 1. The fourth-order valence-electron chi connectivity index (χ4n) is 0.